The molecule has 2 aliphatic rings. The summed E-state index contributed by atoms with van der Waals surface area (Å²) in [6.07, 6.45) is 3.04. The molecule has 0 saturated heterocycles. The zero-order valence-electron chi connectivity index (χ0n) is 9.49. The molecule has 1 aromatic rings. The molecule has 3 rings (SSSR count). The Balaban J connectivity index is 1.93. The van der Waals surface area contributed by atoms with Crippen molar-refractivity contribution in [3.8, 4) is 0 Å². The molecule has 1 heterocycles. The monoisotopic (exact) mass is 216 g/mol. The van der Waals surface area contributed by atoms with Gasteiger partial charge in [-0.15, -0.1) is 0 Å². The summed E-state index contributed by atoms with van der Waals surface area (Å²) >= 11 is 0. The fraction of sp³-hybridized carbons (Fsp3) is 0.462. The second-order valence-electron chi connectivity index (χ2n) is 4.83. The van der Waals surface area contributed by atoms with Crippen LogP contribution in [-0.4, -0.2) is 18.2 Å². The Hall–Kier alpha value is -1.51. The van der Waals surface area contributed by atoms with E-state index in [1.165, 1.54) is 16.7 Å². The molecule has 0 fully saturated rings. The summed E-state index contributed by atoms with van der Waals surface area (Å²) in [5.74, 6) is 0. The van der Waals surface area contributed by atoms with Gasteiger partial charge in [0.05, 0.1) is 6.54 Å². The first-order valence-corrected chi connectivity index (χ1v) is 5.75. The van der Waals surface area contributed by atoms with Gasteiger partial charge in [0.1, 0.15) is 5.60 Å². The van der Waals surface area contributed by atoms with Crippen molar-refractivity contribution in [2.75, 3.05) is 6.54 Å². The fourth-order valence-electron chi connectivity index (χ4n) is 2.81. The van der Waals surface area contributed by atoms with Crippen molar-refractivity contribution >= 4 is 6.02 Å². The lowest BCUT2D eigenvalue weighted by Crippen LogP contribution is -2.40. The van der Waals surface area contributed by atoms with Crippen LogP contribution >= 0.6 is 0 Å². The van der Waals surface area contributed by atoms with E-state index < -0.39 is 0 Å². The minimum atomic E-state index is -0.148. The van der Waals surface area contributed by atoms with Crippen LogP contribution in [0.3, 0.4) is 0 Å². The summed E-state index contributed by atoms with van der Waals surface area (Å²) < 4.78 is 5.71. The molecule has 0 bridgehead atoms. The topological polar surface area (TPSA) is 47.6 Å². The number of ether oxygens (including phenoxy) is 1. The Morgan fingerprint density at radius 2 is 2.31 bits per heavy atom. The highest BCUT2D eigenvalue weighted by Gasteiger charge is 2.40. The van der Waals surface area contributed by atoms with E-state index in [-0.39, 0.29) is 5.60 Å². The standard InChI is InChI=1S/C13H16N2O/c1-9-3-2-4-10-7-13(6-5-11(9)10)8-15-12(14)16-13/h2-4H,5-8H2,1H3,(H2,14,15). The number of benzene rings is 1. The van der Waals surface area contributed by atoms with E-state index in [4.69, 9.17) is 10.5 Å². The average Bonchev–Trinajstić information content (AvgIpc) is 2.60. The number of aryl methyl sites for hydroxylation is 1. The fourth-order valence-corrected chi connectivity index (χ4v) is 2.81. The number of hydrogen-bond donors (Lipinski definition) is 1. The minimum Gasteiger partial charge on any atom is -0.456 e. The second-order valence-corrected chi connectivity index (χ2v) is 4.83. The lowest BCUT2D eigenvalue weighted by molar-refractivity contribution is 0.0702. The molecule has 0 aromatic heterocycles. The molecule has 1 aliphatic carbocycles. The van der Waals surface area contributed by atoms with Crippen molar-refractivity contribution in [3.05, 3.63) is 34.9 Å². The third kappa shape index (κ3) is 1.39. The molecule has 2 N–H and O–H groups in total. The summed E-state index contributed by atoms with van der Waals surface area (Å²) in [6.45, 7) is 2.89. The highest BCUT2D eigenvalue weighted by molar-refractivity contribution is 5.73. The molecule has 1 atom stereocenters. The first kappa shape index (κ1) is 9.70. The van der Waals surface area contributed by atoms with Crippen LogP contribution in [0.2, 0.25) is 0 Å². The predicted octanol–water partition coefficient (Wildman–Crippen LogP) is 1.57. The largest absolute Gasteiger partial charge is 0.456 e. The molecular weight excluding hydrogens is 200 g/mol. The molecule has 0 radical (unpaired) electrons. The number of fused-ring (bicyclic) bond motifs is 1. The van der Waals surface area contributed by atoms with Gasteiger partial charge in [-0.05, 0) is 36.5 Å². The summed E-state index contributed by atoms with van der Waals surface area (Å²) in [7, 11) is 0. The van der Waals surface area contributed by atoms with Crippen molar-refractivity contribution in [1.82, 2.24) is 0 Å². The van der Waals surface area contributed by atoms with Crippen molar-refractivity contribution in [3.63, 3.8) is 0 Å². The number of rotatable bonds is 0. The molecular formula is C13H16N2O. The lowest BCUT2D eigenvalue weighted by atomic mass is 9.79. The highest BCUT2D eigenvalue weighted by Crippen LogP contribution is 2.35. The highest BCUT2D eigenvalue weighted by atomic mass is 16.5. The van der Waals surface area contributed by atoms with Gasteiger partial charge in [-0.3, -0.25) is 0 Å². The Bertz CT molecular complexity index is 467. The van der Waals surface area contributed by atoms with Crippen molar-refractivity contribution in [1.29, 1.82) is 0 Å². The Morgan fingerprint density at radius 3 is 3.06 bits per heavy atom. The summed E-state index contributed by atoms with van der Waals surface area (Å²) in [5, 5.41) is 0. The summed E-state index contributed by atoms with van der Waals surface area (Å²) in [6, 6.07) is 6.85. The number of aliphatic imine (C=N–C) groups is 1. The zero-order chi connectivity index (χ0) is 11.2. The van der Waals surface area contributed by atoms with E-state index in [0.29, 0.717) is 12.6 Å². The van der Waals surface area contributed by atoms with Crippen molar-refractivity contribution in [2.45, 2.75) is 31.8 Å². The number of hydrogen-bond acceptors (Lipinski definition) is 3. The molecule has 3 nitrogen and oxygen atoms in total. The van der Waals surface area contributed by atoms with E-state index >= 15 is 0 Å². The minimum absolute atomic E-state index is 0.148. The average molecular weight is 216 g/mol. The molecule has 1 spiro atoms. The van der Waals surface area contributed by atoms with E-state index in [0.717, 1.165) is 19.3 Å². The third-order valence-corrected chi connectivity index (χ3v) is 3.69. The molecule has 1 aromatic carbocycles. The van der Waals surface area contributed by atoms with Gasteiger partial charge in [0.25, 0.3) is 6.02 Å². The molecule has 84 valence electrons. The number of nitrogens with zero attached hydrogens (tertiary/aromatic N) is 1. The Morgan fingerprint density at radius 1 is 1.44 bits per heavy atom. The molecule has 16 heavy (non-hydrogen) atoms. The maximum atomic E-state index is 5.71. The van der Waals surface area contributed by atoms with Gasteiger partial charge in [-0.25, -0.2) is 4.99 Å². The Kier molecular flexibility index (Phi) is 1.96. The maximum Gasteiger partial charge on any atom is 0.282 e. The second kappa shape index (κ2) is 3.24. The van der Waals surface area contributed by atoms with E-state index in [1.807, 2.05) is 0 Å². The van der Waals surface area contributed by atoms with Gasteiger partial charge in [-0.1, -0.05) is 18.2 Å². The molecule has 1 unspecified atom stereocenters. The molecule has 1 aliphatic heterocycles. The normalized spacial score (nSPS) is 27.4. The Labute approximate surface area is 95.3 Å². The van der Waals surface area contributed by atoms with Crippen LogP contribution in [0, 0.1) is 6.92 Å². The summed E-state index contributed by atoms with van der Waals surface area (Å²) in [4.78, 5) is 4.18. The van der Waals surface area contributed by atoms with Crippen LogP contribution in [0.1, 0.15) is 23.1 Å². The van der Waals surface area contributed by atoms with E-state index in [1.54, 1.807) is 0 Å². The van der Waals surface area contributed by atoms with Crippen molar-refractivity contribution in [2.24, 2.45) is 10.7 Å². The van der Waals surface area contributed by atoms with Crippen LogP contribution in [-0.2, 0) is 17.6 Å². The zero-order valence-corrected chi connectivity index (χ0v) is 9.49. The van der Waals surface area contributed by atoms with E-state index in [2.05, 4.69) is 30.1 Å². The first-order chi connectivity index (χ1) is 7.69. The number of nitrogens with two attached hydrogens (primary N) is 1. The molecule has 3 heteroatoms. The van der Waals surface area contributed by atoms with Gasteiger partial charge in [0.2, 0.25) is 0 Å². The van der Waals surface area contributed by atoms with Crippen LogP contribution in [0.15, 0.2) is 23.2 Å². The maximum absolute atomic E-state index is 5.71. The van der Waals surface area contributed by atoms with Crippen LogP contribution < -0.4 is 5.73 Å². The lowest BCUT2D eigenvalue weighted by Gasteiger charge is -2.33. The smallest absolute Gasteiger partial charge is 0.282 e. The van der Waals surface area contributed by atoms with Gasteiger partial charge in [-0.2, -0.15) is 0 Å². The molecule has 0 amide bonds. The van der Waals surface area contributed by atoms with Crippen LogP contribution in [0.5, 0.6) is 0 Å². The van der Waals surface area contributed by atoms with Crippen LogP contribution in [0.25, 0.3) is 0 Å². The third-order valence-electron chi connectivity index (χ3n) is 3.69. The van der Waals surface area contributed by atoms with Gasteiger partial charge >= 0.3 is 0 Å². The SMILES string of the molecule is Cc1cccc2c1CCC1(CN=C(N)O1)C2. The van der Waals surface area contributed by atoms with Crippen LogP contribution in [0.4, 0.5) is 0 Å². The van der Waals surface area contributed by atoms with Gasteiger partial charge in [0.15, 0.2) is 0 Å². The number of amidine groups is 1. The quantitative estimate of drug-likeness (QED) is 0.715. The van der Waals surface area contributed by atoms with Gasteiger partial charge < -0.3 is 10.5 Å². The predicted molar refractivity (Wildman–Crippen MR) is 63.5 cm³/mol. The summed E-state index contributed by atoms with van der Waals surface area (Å²) in [5.41, 5.74) is 9.75. The molecule has 0 saturated carbocycles. The van der Waals surface area contributed by atoms with Crippen molar-refractivity contribution < 1.29 is 4.74 Å². The first-order valence-electron chi connectivity index (χ1n) is 5.75. The van der Waals surface area contributed by atoms with E-state index in [9.17, 15) is 0 Å². The van der Waals surface area contributed by atoms with Gasteiger partial charge in [0, 0.05) is 6.42 Å².